The molecule has 0 bridgehead atoms. The van der Waals surface area contributed by atoms with Crippen LogP contribution in [0.1, 0.15) is 5.56 Å². The van der Waals surface area contributed by atoms with Crippen molar-refractivity contribution in [2.24, 2.45) is 0 Å². The minimum atomic E-state index is -4.77. The summed E-state index contributed by atoms with van der Waals surface area (Å²) in [6, 6.07) is 16.9. The highest BCUT2D eigenvalue weighted by atomic mass is 35.5. The molecule has 3 aromatic heterocycles. The van der Waals surface area contributed by atoms with E-state index in [0.29, 0.717) is 21.8 Å². The summed E-state index contributed by atoms with van der Waals surface area (Å²) in [4.78, 5) is 34.2. The molecule has 0 radical (unpaired) electrons. The number of para-hydroxylation sites is 1. The van der Waals surface area contributed by atoms with E-state index in [-0.39, 0.29) is 22.6 Å². The minimum Gasteiger partial charge on any atom is -0.304 e. The van der Waals surface area contributed by atoms with Gasteiger partial charge >= 0.3 is 11.9 Å². The number of pyridine rings is 1. The molecule has 8 nitrogen and oxygen atoms in total. The Morgan fingerprint density at radius 2 is 1.68 bits per heavy atom. The fourth-order valence-corrected chi connectivity index (χ4v) is 4.59. The normalized spacial score (nSPS) is 11.9. The van der Waals surface area contributed by atoms with Crippen LogP contribution in [-0.4, -0.2) is 29.5 Å². The fourth-order valence-electron chi connectivity index (χ4n) is 4.36. The molecular formula is C26H14ClF3N6O2. The Hall–Kier alpha value is -4.77. The second-order valence-electron chi connectivity index (χ2n) is 8.36. The SMILES string of the molecule is O=c1[nH]c(-c2ccc(Cl)c(C(F)(F)F)c2)c(-n2nnc3ccccc32)c(=O)n1-c1cncc2ccccc12. The quantitative estimate of drug-likeness (QED) is 0.339. The molecule has 3 aromatic carbocycles. The lowest BCUT2D eigenvalue weighted by molar-refractivity contribution is -0.137. The highest BCUT2D eigenvalue weighted by Crippen LogP contribution is 2.37. The van der Waals surface area contributed by atoms with E-state index >= 15 is 0 Å². The summed E-state index contributed by atoms with van der Waals surface area (Å²) in [5.74, 6) is 0. The van der Waals surface area contributed by atoms with Crippen molar-refractivity contribution in [1.29, 1.82) is 0 Å². The summed E-state index contributed by atoms with van der Waals surface area (Å²) < 4.78 is 43.1. The maximum absolute atomic E-state index is 14.1. The molecule has 0 amide bonds. The van der Waals surface area contributed by atoms with Crippen molar-refractivity contribution in [3.8, 4) is 22.6 Å². The van der Waals surface area contributed by atoms with Gasteiger partial charge in [-0.25, -0.2) is 14.0 Å². The van der Waals surface area contributed by atoms with E-state index in [2.05, 4.69) is 20.3 Å². The van der Waals surface area contributed by atoms with Gasteiger partial charge in [-0.15, -0.1) is 5.10 Å². The van der Waals surface area contributed by atoms with Gasteiger partial charge in [0.05, 0.1) is 33.7 Å². The summed E-state index contributed by atoms with van der Waals surface area (Å²) in [6.07, 6.45) is -1.81. The Bertz CT molecular complexity index is 1990. The molecular weight excluding hydrogens is 521 g/mol. The molecule has 0 aliphatic heterocycles. The third kappa shape index (κ3) is 3.75. The molecule has 12 heteroatoms. The maximum atomic E-state index is 14.1. The Morgan fingerprint density at radius 3 is 2.50 bits per heavy atom. The third-order valence-electron chi connectivity index (χ3n) is 6.09. The molecule has 3 heterocycles. The molecule has 0 unspecified atom stereocenters. The van der Waals surface area contributed by atoms with E-state index in [4.69, 9.17) is 11.6 Å². The van der Waals surface area contributed by atoms with E-state index in [1.165, 1.54) is 16.9 Å². The standard InChI is InChI=1S/C26H14ClF3N6O2/c27-18-10-9-14(11-17(18)26(28,29)30)22-23(36-20-8-4-3-7-19(20)33-34-36)24(37)35(25(38)32-22)21-13-31-12-15-5-1-2-6-16(15)21/h1-13H,(H,32,38). The zero-order valence-electron chi connectivity index (χ0n) is 19.1. The first kappa shape index (κ1) is 23.6. The van der Waals surface area contributed by atoms with Crippen molar-refractivity contribution in [2.75, 3.05) is 0 Å². The highest BCUT2D eigenvalue weighted by Gasteiger charge is 2.34. The van der Waals surface area contributed by atoms with Gasteiger partial charge in [-0.3, -0.25) is 9.78 Å². The van der Waals surface area contributed by atoms with Crippen LogP contribution in [0, 0.1) is 0 Å². The van der Waals surface area contributed by atoms with E-state index < -0.39 is 28.0 Å². The molecule has 0 aliphatic carbocycles. The monoisotopic (exact) mass is 534 g/mol. The van der Waals surface area contributed by atoms with E-state index in [1.807, 2.05) is 0 Å². The Morgan fingerprint density at radius 1 is 0.921 bits per heavy atom. The average Bonchev–Trinajstić information content (AvgIpc) is 3.32. The van der Waals surface area contributed by atoms with Crippen LogP contribution in [0.2, 0.25) is 5.02 Å². The molecule has 0 saturated heterocycles. The predicted molar refractivity (Wildman–Crippen MR) is 136 cm³/mol. The number of halogens is 4. The number of alkyl halides is 3. The molecule has 188 valence electrons. The summed E-state index contributed by atoms with van der Waals surface area (Å²) in [7, 11) is 0. The van der Waals surface area contributed by atoms with Crippen LogP contribution in [0.25, 0.3) is 44.4 Å². The fraction of sp³-hybridized carbons (Fsp3) is 0.0385. The molecule has 0 atom stereocenters. The number of hydrogen-bond acceptors (Lipinski definition) is 5. The summed E-state index contributed by atoms with van der Waals surface area (Å²) in [5, 5.41) is 8.90. The average molecular weight is 535 g/mol. The number of fused-ring (bicyclic) bond motifs is 2. The van der Waals surface area contributed by atoms with E-state index in [1.54, 1.807) is 54.7 Å². The summed E-state index contributed by atoms with van der Waals surface area (Å²) in [6.45, 7) is 0. The van der Waals surface area contributed by atoms with Crippen molar-refractivity contribution in [1.82, 2.24) is 29.5 Å². The van der Waals surface area contributed by atoms with Crippen molar-refractivity contribution in [3.05, 3.63) is 111 Å². The lowest BCUT2D eigenvalue weighted by atomic mass is 10.1. The zero-order chi connectivity index (χ0) is 26.6. The number of hydrogen-bond donors (Lipinski definition) is 1. The topological polar surface area (TPSA) is 98.5 Å². The van der Waals surface area contributed by atoms with E-state index in [9.17, 15) is 22.8 Å². The molecule has 0 saturated carbocycles. The van der Waals surface area contributed by atoms with Gasteiger partial charge in [-0.1, -0.05) is 59.3 Å². The van der Waals surface area contributed by atoms with Crippen LogP contribution in [0.3, 0.4) is 0 Å². The van der Waals surface area contributed by atoms with Gasteiger partial charge in [0.2, 0.25) is 0 Å². The lowest BCUT2D eigenvalue weighted by Gasteiger charge is -2.16. The molecule has 0 spiro atoms. The van der Waals surface area contributed by atoms with Crippen LogP contribution in [0.15, 0.2) is 88.7 Å². The van der Waals surface area contributed by atoms with Gasteiger partial charge in [0, 0.05) is 22.5 Å². The maximum Gasteiger partial charge on any atom is 0.417 e. The number of nitrogens with zero attached hydrogens (tertiary/aromatic N) is 5. The first-order valence-corrected chi connectivity index (χ1v) is 11.5. The molecule has 6 aromatic rings. The number of aromatic amines is 1. The number of benzene rings is 3. The number of rotatable bonds is 3. The van der Waals surface area contributed by atoms with Gasteiger partial charge < -0.3 is 4.98 Å². The van der Waals surface area contributed by atoms with Crippen LogP contribution in [-0.2, 0) is 6.18 Å². The number of aromatic nitrogens is 6. The van der Waals surface area contributed by atoms with Crippen LogP contribution < -0.4 is 11.2 Å². The summed E-state index contributed by atoms with van der Waals surface area (Å²) >= 11 is 5.82. The second-order valence-corrected chi connectivity index (χ2v) is 8.76. The first-order chi connectivity index (χ1) is 18.2. The van der Waals surface area contributed by atoms with Crippen molar-refractivity contribution >= 4 is 33.4 Å². The van der Waals surface area contributed by atoms with Crippen LogP contribution in [0.5, 0.6) is 0 Å². The van der Waals surface area contributed by atoms with Crippen LogP contribution >= 0.6 is 11.6 Å². The van der Waals surface area contributed by atoms with Gasteiger partial charge in [-0.2, -0.15) is 13.2 Å². The molecule has 6 rings (SSSR count). The molecule has 38 heavy (non-hydrogen) atoms. The largest absolute Gasteiger partial charge is 0.417 e. The Balaban J connectivity index is 1.73. The van der Waals surface area contributed by atoms with Crippen molar-refractivity contribution in [2.45, 2.75) is 6.18 Å². The molecule has 0 fully saturated rings. The van der Waals surface area contributed by atoms with E-state index in [0.717, 1.165) is 16.7 Å². The minimum absolute atomic E-state index is 0.0892. The van der Waals surface area contributed by atoms with Crippen molar-refractivity contribution < 1.29 is 13.2 Å². The molecule has 1 N–H and O–H groups in total. The number of H-pyrrole nitrogens is 1. The highest BCUT2D eigenvalue weighted by molar-refractivity contribution is 6.31. The van der Waals surface area contributed by atoms with Gasteiger partial charge in [0.25, 0.3) is 5.56 Å². The van der Waals surface area contributed by atoms with Gasteiger partial charge in [0.1, 0.15) is 5.52 Å². The Labute approximate surface area is 215 Å². The third-order valence-corrected chi connectivity index (χ3v) is 6.42. The van der Waals surface area contributed by atoms with Gasteiger partial charge in [0.15, 0.2) is 5.69 Å². The second kappa shape index (κ2) is 8.67. The Kier molecular flexibility index (Phi) is 5.39. The predicted octanol–water partition coefficient (Wildman–Crippen LogP) is 5.15. The van der Waals surface area contributed by atoms with Crippen LogP contribution in [0.4, 0.5) is 13.2 Å². The molecule has 0 aliphatic rings. The first-order valence-electron chi connectivity index (χ1n) is 11.1. The van der Waals surface area contributed by atoms with Gasteiger partial charge in [-0.05, 0) is 24.3 Å². The van der Waals surface area contributed by atoms with Crippen molar-refractivity contribution in [3.63, 3.8) is 0 Å². The lowest BCUT2D eigenvalue weighted by Crippen LogP contribution is -2.37. The zero-order valence-corrected chi connectivity index (χ0v) is 19.8. The smallest absolute Gasteiger partial charge is 0.304 e. The number of nitrogens with one attached hydrogen (secondary N) is 1. The summed E-state index contributed by atoms with van der Waals surface area (Å²) in [5.41, 5.74) is -2.26.